The van der Waals surface area contributed by atoms with Gasteiger partial charge in [0.2, 0.25) is 0 Å². The van der Waals surface area contributed by atoms with Crippen molar-refractivity contribution in [3.05, 3.63) is 52.0 Å². The van der Waals surface area contributed by atoms with Gasteiger partial charge in [0.1, 0.15) is 5.01 Å². The van der Waals surface area contributed by atoms with E-state index in [1.165, 1.54) is 11.3 Å². The van der Waals surface area contributed by atoms with Crippen LogP contribution < -0.4 is 0 Å². The molecule has 24 heavy (non-hydrogen) atoms. The molecular formula is C18H18N2O3S. The Kier molecular flexibility index (Phi) is 6.21. The predicted molar refractivity (Wildman–Crippen MR) is 90.6 cm³/mol. The monoisotopic (exact) mass is 342 g/mol. The summed E-state index contributed by atoms with van der Waals surface area (Å²) in [6, 6.07) is 11.2. The summed E-state index contributed by atoms with van der Waals surface area (Å²) in [6.07, 6.45) is 0.574. The molecule has 2 aromatic rings. The first-order valence-electron chi connectivity index (χ1n) is 7.62. The number of aryl methyl sites for hydroxylation is 1. The lowest BCUT2D eigenvalue weighted by Gasteiger charge is -2.14. The molecule has 0 bridgehead atoms. The summed E-state index contributed by atoms with van der Waals surface area (Å²) in [5.74, 6) is -2.32. The van der Waals surface area contributed by atoms with Crippen molar-refractivity contribution in [2.45, 2.75) is 32.1 Å². The van der Waals surface area contributed by atoms with Gasteiger partial charge >= 0.3 is 5.97 Å². The maximum absolute atomic E-state index is 12.3. The molecule has 0 aliphatic carbocycles. The van der Waals surface area contributed by atoms with Crippen LogP contribution in [0.2, 0.25) is 0 Å². The number of thiazole rings is 1. The molecule has 0 saturated heterocycles. The van der Waals surface area contributed by atoms with Gasteiger partial charge in [-0.15, -0.1) is 11.3 Å². The van der Waals surface area contributed by atoms with Crippen LogP contribution in [0, 0.1) is 18.3 Å². The molecule has 0 aliphatic rings. The Labute approximate surface area is 144 Å². The molecule has 5 nitrogen and oxygen atoms in total. The Morgan fingerprint density at radius 1 is 1.33 bits per heavy atom. The lowest BCUT2D eigenvalue weighted by molar-refractivity contribution is -0.149. The van der Waals surface area contributed by atoms with Gasteiger partial charge in [-0.2, -0.15) is 5.26 Å². The topological polar surface area (TPSA) is 80.0 Å². The van der Waals surface area contributed by atoms with E-state index < -0.39 is 30.2 Å². The normalized spacial score (nSPS) is 12.9. The van der Waals surface area contributed by atoms with Gasteiger partial charge in [0, 0.05) is 11.1 Å². The van der Waals surface area contributed by atoms with Gasteiger partial charge in [0.05, 0.1) is 12.0 Å². The zero-order valence-electron chi connectivity index (χ0n) is 13.6. The van der Waals surface area contributed by atoms with Gasteiger partial charge < -0.3 is 4.74 Å². The third-order valence-corrected chi connectivity index (χ3v) is 4.61. The molecule has 2 rings (SSSR count). The lowest BCUT2D eigenvalue weighted by atomic mass is 9.97. The molecule has 1 heterocycles. The summed E-state index contributed by atoms with van der Waals surface area (Å²) in [7, 11) is 0. The van der Waals surface area contributed by atoms with Gasteiger partial charge in [-0.05, 0) is 18.9 Å². The number of esters is 1. The third kappa shape index (κ3) is 4.27. The molecule has 0 saturated carbocycles. The Morgan fingerprint density at radius 3 is 2.58 bits per heavy atom. The number of nitrogens with zero attached hydrogens (tertiary/aromatic N) is 2. The quantitative estimate of drug-likeness (QED) is 0.721. The van der Waals surface area contributed by atoms with E-state index in [1.54, 1.807) is 12.3 Å². The van der Waals surface area contributed by atoms with Gasteiger partial charge in [-0.3, -0.25) is 9.59 Å². The number of nitriles is 1. The summed E-state index contributed by atoms with van der Waals surface area (Å²) in [4.78, 5) is 28.6. The van der Waals surface area contributed by atoms with Crippen molar-refractivity contribution in [3.63, 3.8) is 0 Å². The molecule has 1 aromatic carbocycles. The number of ether oxygens (including phenoxy) is 1. The number of carbonyl (C=O) groups is 2. The maximum Gasteiger partial charge on any atom is 0.313 e. The number of aromatic nitrogens is 1. The fraction of sp³-hybridized carbons (Fsp3) is 0.333. The first kappa shape index (κ1) is 17.8. The molecule has 0 radical (unpaired) electrons. The first-order chi connectivity index (χ1) is 11.6. The van der Waals surface area contributed by atoms with Crippen LogP contribution in [0.3, 0.4) is 0 Å². The zero-order valence-corrected chi connectivity index (χ0v) is 14.4. The van der Waals surface area contributed by atoms with Gasteiger partial charge in [-0.1, -0.05) is 37.3 Å². The fourth-order valence-corrected chi connectivity index (χ4v) is 3.18. The van der Waals surface area contributed by atoms with E-state index in [-0.39, 0.29) is 0 Å². The molecule has 1 aromatic heterocycles. The van der Waals surface area contributed by atoms with E-state index in [4.69, 9.17) is 4.74 Å². The largest absolute Gasteiger partial charge is 0.457 e. The highest BCUT2D eigenvalue weighted by atomic mass is 32.1. The second-order valence-corrected chi connectivity index (χ2v) is 6.22. The van der Waals surface area contributed by atoms with Crippen molar-refractivity contribution in [1.82, 2.24) is 4.98 Å². The predicted octanol–water partition coefficient (Wildman–Crippen LogP) is 3.36. The van der Waals surface area contributed by atoms with Crippen molar-refractivity contribution in [3.8, 4) is 6.07 Å². The molecule has 0 N–H and O–H groups in total. The summed E-state index contributed by atoms with van der Waals surface area (Å²) >= 11 is 1.26. The molecule has 2 atom stereocenters. The smallest absolute Gasteiger partial charge is 0.313 e. The average molecular weight is 342 g/mol. The molecule has 0 amide bonds. The summed E-state index contributed by atoms with van der Waals surface area (Å²) < 4.78 is 5.16. The Morgan fingerprint density at radius 2 is 2.04 bits per heavy atom. The van der Waals surface area contributed by atoms with E-state index in [9.17, 15) is 14.9 Å². The number of benzene rings is 1. The number of hydrogen-bond acceptors (Lipinski definition) is 6. The van der Waals surface area contributed by atoms with Crippen LogP contribution in [0.5, 0.6) is 0 Å². The maximum atomic E-state index is 12.3. The van der Waals surface area contributed by atoms with E-state index >= 15 is 0 Å². The van der Waals surface area contributed by atoms with Crippen LogP contribution in [-0.2, 0) is 14.3 Å². The molecule has 0 unspecified atom stereocenters. The van der Waals surface area contributed by atoms with Crippen LogP contribution in [0.15, 0.2) is 35.7 Å². The molecular weight excluding hydrogens is 324 g/mol. The van der Waals surface area contributed by atoms with Crippen molar-refractivity contribution < 1.29 is 14.3 Å². The lowest BCUT2D eigenvalue weighted by Crippen LogP contribution is -2.23. The summed E-state index contributed by atoms with van der Waals surface area (Å²) in [5.41, 5.74) is 1.61. The number of hydrogen-bond donors (Lipinski definition) is 0. The minimum atomic E-state index is -0.992. The van der Waals surface area contributed by atoms with Gasteiger partial charge in [0.25, 0.3) is 0 Å². The summed E-state index contributed by atoms with van der Waals surface area (Å²) in [5, 5.41) is 11.4. The number of rotatable bonds is 7. The Hall–Kier alpha value is -2.52. The van der Waals surface area contributed by atoms with Gasteiger partial charge in [-0.25, -0.2) is 4.98 Å². The van der Waals surface area contributed by atoms with Crippen molar-refractivity contribution >= 4 is 23.1 Å². The minimum Gasteiger partial charge on any atom is -0.457 e. The van der Waals surface area contributed by atoms with Crippen LogP contribution >= 0.6 is 11.3 Å². The van der Waals surface area contributed by atoms with Gasteiger partial charge in [0.15, 0.2) is 18.3 Å². The molecule has 6 heteroatoms. The summed E-state index contributed by atoms with van der Waals surface area (Å²) in [6.45, 7) is 3.26. The van der Waals surface area contributed by atoms with E-state index in [2.05, 4.69) is 4.98 Å². The number of Topliss-reactive ketones (excluding diaryl/α,β-unsaturated/α-hetero) is 1. The van der Waals surface area contributed by atoms with E-state index in [0.717, 1.165) is 11.3 Å². The minimum absolute atomic E-state index is 0.415. The van der Waals surface area contributed by atoms with E-state index in [1.807, 2.05) is 43.3 Å². The SMILES string of the molecule is CC[C@@H](C(=O)OCC(=O)[C@H](C#N)c1nc(C)cs1)c1ccccc1. The highest BCUT2D eigenvalue weighted by Crippen LogP contribution is 2.23. The fourth-order valence-electron chi connectivity index (χ4n) is 2.32. The molecule has 0 spiro atoms. The second-order valence-electron chi connectivity index (χ2n) is 5.33. The van der Waals surface area contributed by atoms with Crippen LogP contribution in [0.4, 0.5) is 0 Å². The average Bonchev–Trinajstić information content (AvgIpc) is 3.01. The highest BCUT2D eigenvalue weighted by Gasteiger charge is 2.26. The molecule has 0 fully saturated rings. The Bertz CT molecular complexity index is 749. The van der Waals surface area contributed by atoms with Crippen LogP contribution in [0.25, 0.3) is 0 Å². The highest BCUT2D eigenvalue weighted by molar-refractivity contribution is 7.09. The number of ketones is 1. The zero-order chi connectivity index (χ0) is 17.5. The third-order valence-electron chi connectivity index (χ3n) is 3.59. The molecule has 124 valence electrons. The van der Waals surface area contributed by atoms with Crippen LogP contribution in [0.1, 0.15) is 41.4 Å². The van der Waals surface area contributed by atoms with Crippen molar-refractivity contribution in [2.75, 3.05) is 6.61 Å². The molecule has 0 aliphatic heterocycles. The Balaban J connectivity index is 1.99. The number of carbonyl (C=O) groups excluding carboxylic acids is 2. The van der Waals surface area contributed by atoms with E-state index in [0.29, 0.717) is 11.4 Å². The second kappa shape index (κ2) is 8.37. The standard InChI is InChI=1S/C18H18N2O3S/c1-3-14(13-7-5-4-6-8-13)18(22)23-10-16(21)15(9-19)17-20-12(2)11-24-17/h4-8,11,14-15H,3,10H2,1-2H3/t14-,15+/m1/s1. The van der Waals surface area contributed by atoms with Crippen molar-refractivity contribution in [1.29, 1.82) is 5.26 Å². The first-order valence-corrected chi connectivity index (χ1v) is 8.50. The van der Waals surface area contributed by atoms with Crippen LogP contribution in [-0.4, -0.2) is 23.3 Å². The van der Waals surface area contributed by atoms with Crippen molar-refractivity contribution in [2.24, 2.45) is 0 Å².